The van der Waals surface area contributed by atoms with Crippen molar-refractivity contribution >= 4 is 16.6 Å². The summed E-state index contributed by atoms with van der Waals surface area (Å²) in [5, 5.41) is 3.20. The molecule has 102 valence electrons. The van der Waals surface area contributed by atoms with Crippen LogP contribution in [0.2, 0.25) is 0 Å². The van der Waals surface area contributed by atoms with Gasteiger partial charge in [-0.1, -0.05) is 13.8 Å². The Hall–Kier alpha value is -1.78. The van der Waals surface area contributed by atoms with Gasteiger partial charge in [0, 0.05) is 23.8 Å². The van der Waals surface area contributed by atoms with Crippen molar-refractivity contribution in [3.05, 3.63) is 34.8 Å². The van der Waals surface area contributed by atoms with E-state index in [-0.39, 0.29) is 16.8 Å². The molecule has 0 aliphatic carbocycles. The van der Waals surface area contributed by atoms with Gasteiger partial charge in [0.15, 0.2) is 17.5 Å². The summed E-state index contributed by atoms with van der Waals surface area (Å²) in [5.74, 6) is -3.80. The van der Waals surface area contributed by atoms with E-state index in [1.165, 1.54) is 0 Å². The van der Waals surface area contributed by atoms with E-state index in [0.717, 1.165) is 11.6 Å². The Kier molecular flexibility index (Phi) is 3.39. The molecule has 0 fully saturated rings. The van der Waals surface area contributed by atoms with E-state index in [4.69, 9.17) is 0 Å². The fraction of sp³-hybridized carbons (Fsp3) is 0.357. The zero-order valence-corrected chi connectivity index (χ0v) is 11.2. The number of pyridine rings is 1. The highest BCUT2D eigenvalue weighted by molar-refractivity contribution is 5.94. The molecule has 2 nitrogen and oxygen atoms in total. The van der Waals surface area contributed by atoms with Crippen molar-refractivity contribution in [2.75, 3.05) is 12.4 Å². The Morgan fingerprint density at radius 2 is 1.79 bits per heavy atom. The maximum Gasteiger partial charge on any atom is 0.196 e. The van der Waals surface area contributed by atoms with Crippen molar-refractivity contribution in [3.8, 4) is 0 Å². The summed E-state index contributed by atoms with van der Waals surface area (Å²) in [6, 6.07) is 0.984. The molecule has 0 unspecified atom stereocenters. The predicted octanol–water partition coefficient (Wildman–Crippen LogP) is 4.13. The number of hydrogen-bond donors (Lipinski definition) is 1. The van der Waals surface area contributed by atoms with Crippen LogP contribution in [0.25, 0.3) is 10.9 Å². The number of fused-ring (bicyclic) bond motifs is 1. The largest absolute Gasteiger partial charge is 0.387 e. The summed E-state index contributed by atoms with van der Waals surface area (Å²) in [6.07, 6.45) is 0. The van der Waals surface area contributed by atoms with Gasteiger partial charge in [-0.3, -0.25) is 0 Å². The van der Waals surface area contributed by atoms with E-state index in [0.29, 0.717) is 11.4 Å². The molecule has 0 atom stereocenters. The maximum absolute atomic E-state index is 13.8. The molecular formula is C14H15F3N2. The molecule has 5 heteroatoms. The fourth-order valence-electron chi connectivity index (χ4n) is 2.42. The second kappa shape index (κ2) is 4.72. The number of rotatable bonds is 2. The minimum absolute atomic E-state index is 0.135. The summed E-state index contributed by atoms with van der Waals surface area (Å²) in [7, 11) is 1.67. The lowest BCUT2D eigenvalue weighted by molar-refractivity contribution is 0.452. The average molecular weight is 268 g/mol. The van der Waals surface area contributed by atoms with Crippen molar-refractivity contribution in [3.63, 3.8) is 0 Å². The third-order valence-electron chi connectivity index (χ3n) is 3.17. The SMILES string of the molecule is CNc1c(C(C)C)c(C)nc2c(F)c(F)c(F)cc12. The zero-order chi connectivity index (χ0) is 14.3. The molecule has 1 aromatic carbocycles. The lowest BCUT2D eigenvalue weighted by Crippen LogP contribution is -2.06. The lowest BCUT2D eigenvalue weighted by atomic mass is 9.96. The smallest absolute Gasteiger partial charge is 0.196 e. The molecule has 1 N–H and O–H groups in total. The van der Waals surface area contributed by atoms with Gasteiger partial charge < -0.3 is 5.32 Å². The van der Waals surface area contributed by atoms with Crippen LogP contribution in [0.4, 0.5) is 18.9 Å². The minimum Gasteiger partial charge on any atom is -0.387 e. The fourth-order valence-corrected chi connectivity index (χ4v) is 2.42. The molecule has 19 heavy (non-hydrogen) atoms. The van der Waals surface area contributed by atoms with Crippen molar-refractivity contribution in [2.24, 2.45) is 0 Å². The first-order valence-electron chi connectivity index (χ1n) is 6.03. The second-order valence-corrected chi connectivity index (χ2v) is 4.77. The topological polar surface area (TPSA) is 24.9 Å². The summed E-state index contributed by atoms with van der Waals surface area (Å²) in [5.41, 5.74) is 1.93. The normalized spacial score (nSPS) is 11.4. The maximum atomic E-state index is 13.8. The van der Waals surface area contributed by atoms with Crippen LogP contribution in [0.1, 0.15) is 31.0 Å². The van der Waals surface area contributed by atoms with E-state index < -0.39 is 17.5 Å². The van der Waals surface area contributed by atoms with Gasteiger partial charge in [0.05, 0.1) is 0 Å². The van der Waals surface area contributed by atoms with E-state index in [1.807, 2.05) is 13.8 Å². The van der Waals surface area contributed by atoms with Crippen LogP contribution in [-0.2, 0) is 0 Å². The highest BCUT2D eigenvalue weighted by atomic mass is 19.2. The first-order valence-corrected chi connectivity index (χ1v) is 6.03. The van der Waals surface area contributed by atoms with Crippen LogP contribution < -0.4 is 5.32 Å². The quantitative estimate of drug-likeness (QED) is 0.828. The van der Waals surface area contributed by atoms with Crippen LogP contribution in [0.3, 0.4) is 0 Å². The number of benzene rings is 1. The van der Waals surface area contributed by atoms with Crippen LogP contribution in [0.15, 0.2) is 6.07 Å². The van der Waals surface area contributed by atoms with Gasteiger partial charge in [-0.05, 0) is 24.5 Å². The van der Waals surface area contributed by atoms with Gasteiger partial charge in [-0.25, -0.2) is 18.2 Å². The van der Waals surface area contributed by atoms with E-state index >= 15 is 0 Å². The number of nitrogens with one attached hydrogen (secondary N) is 1. The molecule has 0 aliphatic rings. The lowest BCUT2D eigenvalue weighted by Gasteiger charge is -2.18. The predicted molar refractivity (Wildman–Crippen MR) is 70.0 cm³/mol. The Bertz CT molecular complexity index is 651. The Balaban J connectivity index is 2.98. The van der Waals surface area contributed by atoms with Crippen LogP contribution >= 0.6 is 0 Å². The molecule has 0 saturated heterocycles. The minimum atomic E-state index is -1.49. The molecule has 0 radical (unpaired) electrons. The van der Waals surface area contributed by atoms with Gasteiger partial charge in [-0.15, -0.1) is 0 Å². The number of anilines is 1. The molecule has 2 aromatic rings. The molecule has 0 amide bonds. The Morgan fingerprint density at radius 3 is 2.32 bits per heavy atom. The van der Waals surface area contributed by atoms with E-state index in [1.54, 1.807) is 14.0 Å². The zero-order valence-electron chi connectivity index (χ0n) is 11.2. The number of aryl methyl sites for hydroxylation is 1. The van der Waals surface area contributed by atoms with Gasteiger partial charge in [0.1, 0.15) is 5.52 Å². The standard InChI is InChI=1S/C14H15F3N2/c1-6(2)10-7(3)19-14-8(13(10)18-4)5-9(15)11(16)12(14)17/h5-6H,1-4H3,(H,18,19). The van der Waals surface area contributed by atoms with E-state index in [2.05, 4.69) is 10.3 Å². The molecule has 0 spiro atoms. The summed E-state index contributed by atoms with van der Waals surface area (Å²) < 4.78 is 40.4. The number of nitrogens with zero attached hydrogens (tertiary/aromatic N) is 1. The molecule has 0 aliphatic heterocycles. The summed E-state index contributed by atoms with van der Waals surface area (Å²) >= 11 is 0. The first kappa shape index (κ1) is 13.6. The van der Waals surface area contributed by atoms with Crippen molar-refractivity contribution in [1.82, 2.24) is 4.98 Å². The van der Waals surface area contributed by atoms with Crippen molar-refractivity contribution in [2.45, 2.75) is 26.7 Å². The Labute approximate surface area is 109 Å². The number of aromatic nitrogens is 1. The van der Waals surface area contributed by atoms with Gasteiger partial charge in [0.2, 0.25) is 0 Å². The van der Waals surface area contributed by atoms with Crippen molar-refractivity contribution in [1.29, 1.82) is 0 Å². The average Bonchev–Trinajstić information content (AvgIpc) is 2.35. The number of halogens is 3. The molecule has 2 rings (SSSR count). The summed E-state index contributed by atoms with van der Waals surface area (Å²) in [4.78, 5) is 4.09. The monoisotopic (exact) mass is 268 g/mol. The number of hydrogen-bond acceptors (Lipinski definition) is 2. The molecular weight excluding hydrogens is 253 g/mol. The van der Waals surface area contributed by atoms with Gasteiger partial charge in [-0.2, -0.15) is 0 Å². The molecule has 1 heterocycles. The van der Waals surface area contributed by atoms with Crippen LogP contribution in [0, 0.1) is 24.4 Å². The van der Waals surface area contributed by atoms with Crippen molar-refractivity contribution < 1.29 is 13.2 Å². The van der Waals surface area contributed by atoms with Crippen LogP contribution in [0.5, 0.6) is 0 Å². The highest BCUT2D eigenvalue weighted by Crippen LogP contribution is 2.35. The second-order valence-electron chi connectivity index (χ2n) is 4.77. The molecule has 0 bridgehead atoms. The van der Waals surface area contributed by atoms with Gasteiger partial charge >= 0.3 is 0 Å². The highest BCUT2D eigenvalue weighted by Gasteiger charge is 2.21. The third-order valence-corrected chi connectivity index (χ3v) is 3.17. The van der Waals surface area contributed by atoms with Gasteiger partial charge in [0.25, 0.3) is 0 Å². The van der Waals surface area contributed by atoms with E-state index in [9.17, 15) is 13.2 Å². The third kappa shape index (κ3) is 2.03. The summed E-state index contributed by atoms with van der Waals surface area (Å²) in [6.45, 7) is 5.66. The first-order chi connectivity index (χ1) is 8.88. The Morgan fingerprint density at radius 1 is 1.16 bits per heavy atom. The molecule has 1 aromatic heterocycles. The van der Waals surface area contributed by atoms with Crippen LogP contribution in [-0.4, -0.2) is 12.0 Å². The molecule has 0 saturated carbocycles.